The minimum Gasteiger partial charge on any atom is -0.445 e. The number of carbonyl (C=O) groups is 3. The van der Waals surface area contributed by atoms with Crippen LogP contribution in [-0.2, 0) is 27.4 Å². The van der Waals surface area contributed by atoms with Crippen molar-refractivity contribution in [2.45, 2.75) is 94.5 Å². The number of alkyl carbamates (subject to hydrolysis) is 1. The molecule has 2 aromatic carbocycles. The van der Waals surface area contributed by atoms with Crippen molar-refractivity contribution in [3.05, 3.63) is 70.7 Å². The molecule has 0 spiro atoms. The quantitative estimate of drug-likeness (QED) is 0.228. The molecule has 3 amide bonds. The molecule has 0 aromatic heterocycles. The maximum atomic E-state index is 13.4. The molecule has 9 nitrogen and oxygen atoms in total. The van der Waals surface area contributed by atoms with Crippen molar-refractivity contribution in [3.8, 4) is 0 Å². The normalized spacial score (nSPS) is 18.1. The number of rotatable bonds is 14. The fourth-order valence-corrected chi connectivity index (χ4v) is 6.15. The minimum atomic E-state index is -2.03. The first-order valence-corrected chi connectivity index (χ1v) is 15.6. The highest BCUT2D eigenvalue weighted by Gasteiger charge is 2.48. The van der Waals surface area contributed by atoms with Crippen molar-refractivity contribution >= 4 is 29.5 Å². The van der Waals surface area contributed by atoms with Crippen LogP contribution in [0.25, 0.3) is 0 Å². The summed E-state index contributed by atoms with van der Waals surface area (Å²) in [7, 11) is 1.77. The maximum Gasteiger partial charge on any atom is 0.408 e. The Bertz CT molecular complexity index is 1230. The Morgan fingerprint density at radius 3 is 2.42 bits per heavy atom. The van der Waals surface area contributed by atoms with Gasteiger partial charge in [0.05, 0.1) is 6.61 Å². The molecule has 0 saturated heterocycles. The molecule has 10 heteroatoms. The predicted octanol–water partition coefficient (Wildman–Crippen LogP) is 4.72. The van der Waals surface area contributed by atoms with Gasteiger partial charge in [-0.25, -0.2) is 4.79 Å². The van der Waals surface area contributed by atoms with Gasteiger partial charge in [-0.05, 0) is 54.9 Å². The lowest BCUT2D eigenvalue weighted by Crippen LogP contribution is -2.58. The van der Waals surface area contributed by atoms with Gasteiger partial charge >= 0.3 is 6.09 Å². The fraction of sp³-hybridized carbons (Fsp3) is 0.545. The lowest BCUT2D eigenvalue weighted by molar-refractivity contribution is -0.141. The maximum absolute atomic E-state index is 13.4. The Kier molecular flexibility index (Phi) is 11.5. The molecule has 4 N–H and O–H groups in total. The van der Waals surface area contributed by atoms with Gasteiger partial charge in [0.15, 0.2) is 5.72 Å². The number of carbonyl (C=O) groups excluding carboxylic acids is 3. The number of hydrogen-bond donors (Lipinski definition) is 4. The second-order valence-corrected chi connectivity index (χ2v) is 12.6. The molecule has 0 aliphatic heterocycles. The number of aliphatic hydroxyl groups is 2. The fourth-order valence-electron chi connectivity index (χ4n) is 5.94. The molecular weight excluding hydrogens is 570 g/mol. The minimum absolute atomic E-state index is 0.0217. The number of halogens is 1. The number of nitrogens with one attached hydrogen (secondary N) is 2. The number of aliphatic hydroxyl groups excluding tert-OH is 1. The van der Waals surface area contributed by atoms with E-state index in [1.165, 1.54) is 0 Å². The van der Waals surface area contributed by atoms with E-state index in [4.69, 9.17) is 16.3 Å². The molecule has 43 heavy (non-hydrogen) atoms. The van der Waals surface area contributed by atoms with Crippen molar-refractivity contribution in [3.63, 3.8) is 0 Å². The molecule has 0 heterocycles. The number of hydrogen-bond acceptors (Lipinski definition) is 6. The number of benzene rings is 2. The molecule has 1 unspecified atom stereocenters. The van der Waals surface area contributed by atoms with Crippen molar-refractivity contribution in [1.29, 1.82) is 0 Å². The second kappa shape index (κ2) is 15.0. The van der Waals surface area contributed by atoms with E-state index in [1.807, 2.05) is 30.3 Å². The summed E-state index contributed by atoms with van der Waals surface area (Å²) in [6.45, 7) is -0.799. The van der Waals surface area contributed by atoms with E-state index in [2.05, 4.69) is 10.6 Å². The van der Waals surface area contributed by atoms with Gasteiger partial charge in [0.1, 0.15) is 12.6 Å². The summed E-state index contributed by atoms with van der Waals surface area (Å²) in [5.41, 5.74) is -0.418. The summed E-state index contributed by atoms with van der Waals surface area (Å²) >= 11 is 6.01. The summed E-state index contributed by atoms with van der Waals surface area (Å²) in [6, 6.07) is 16.0. The Morgan fingerprint density at radius 2 is 1.77 bits per heavy atom. The van der Waals surface area contributed by atoms with E-state index in [9.17, 15) is 24.6 Å². The predicted molar refractivity (Wildman–Crippen MR) is 164 cm³/mol. The third kappa shape index (κ3) is 9.68. The summed E-state index contributed by atoms with van der Waals surface area (Å²) in [5, 5.41) is 26.9. The average molecular weight is 614 g/mol. The van der Waals surface area contributed by atoms with Gasteiger partial charge in [-0.15, -0.1) is 0 Å². The van der Waals surface area contributed by atoms with E-state index in [0.717, 1.165) is 56.9 Å². The van der Waals surface area contributed by atoms with Crippen LogP contribution in [-0.4, -0.2) is 64.0 Å². The van der Waals surface area contributed by atoms with Crippen LogP contribution in [0.2, 0.25) is 5.02 Å². The average Bonchev–Trinajstić information content (AvgIpc) is 3.79. The molecule has 0 bridgehead atoms. The molecular formula is C33H44ClN3O6. The smallest absolute Gasteiger partial charge is 0.408 e. The standard InChI is InChI=1S/C33H44ClN3O6/c1-37(32(17-18-32)21-25-11-6-3-7-12-25)29(39)15-16-33(42,23-38)36-30(40)28(20-24-9-4-2-5-10-24)35-31(41)43-22-26-13-8-14-27(34)19-26/h3,6-8,11-14,19,24,28,38,42H,2,4-5,9-10,15-18,20-23H2,1H3,(H,35,41)(H,36,40)/t28-,33?/m0/s1. The molecule has 234 valence electrons. The zero-order valence-corrected chi connectivity index (χ0v) is 25.7. The number of ether oxygens (including phenoxy) is 1. The second-order valence-electron chi connectivity index (χ2n) is 12.2. The van der Waals surface area contributed by atoms with Crippen molar-refractivity contribution in [2.75, 3.05) is 13.7 Å². The lowest BCUT2D eigenvalue weighted by Gasteiger charge is -2.33. The van der Waals surface area contributed by atoms with E-state index < -0.39 is 30.4 Å². The monoisotopic (exact) mass is 613 g/mol. The van der Waals surface area contributed by atoms with Crippen molar-refractivity contribution in [2.24, 2.45) is 5.92 Å². The van der Waals surface area contributed by atoms with Gasteiger partial charge in [0.2, 0.25) is 11.8 Å². The number of nitrogens with zero attached hydrogens (tertiary/aromatic N) is 1. The number of amides is 3. The SMILES string of the molecule is CN(C(=O)CCC(O)(CO)NC(=O)[C@H](CC1CCCCC1)NC(=O)OCc1cccc(Cl)c1)C1(Cc2ccccc2)CC1. The topological polar surface area (TPSA) is 128 Å². The van der Waals surface area contributed by atoms with Gasteiger partial charge in [-0.3, -0.25) is 9.59 Å². The van der Waals surface area contributed by atoms with Gasteiger partial charge in [-0.2, -0.15) is 0 Å². The van der Waals surface area contributed by atoms with Crippen LogP contribution in [0.3, 0.4) is 0 Å². The highest BCUT2D eigenvalue weighted by Crippen LogP contribution is 2.44. The van der Waals surface area contributed by atoms with Gasteiger partial charge in [0.25, 0.3) is 0 Å². The first-order chi connectivity index (χ1) is 20.6. The Labute approximate surface area is 258 Å². The molecule has 2 aliphatic rings. The molecule has 2 atom stereocenters. The summed E-state index contributed by atoms with van der Waals surface area (Å²) in [6.07, 6.45) is 7.05. The van der Waals surface area contributed by atoms with E-state index in [-0.39, 0.29) is 36.8 Å². The van der Waals surface area contributed by atoms with E-state index in [0.29, 0.717) is 17.0 Å². The van der Waals surface area contributed by atoms with Crippen LogP contribution in [0, 0.1) is 5.92 Å². The summed E-state index contributed by atoms with van der Waals surface area (Å²) < 4.78 is 5.34. The van der Waals surface area contributed by atoms with E-state index in [1.54, 1.807) is 36.2 Å². The van der Waals surface area contributed by atoms with Crippen molar-refractivity contribution < 1.29 is 29.3 Å². The lowest BCUT2D eigenvalue weighted by atomic mass is 9.84. The molecule has 2 fully saturated rings. The van der Waals surface area contributed by atoms with Crippen LogP contribution in [0.4, 0.5) is 4.79 Å². The van der Waals surface area contributed by atoms with Crippen LogP contribution in [0.15, 0.2) is 54.6 Å². The van der Waals surface area contributed by atoms with Crippen LogP contribution in [0.1, 0.15) is 75.3 Å². The zero-order chi connectivity index (χ0) is 30.9. The first-order valence-electron chi connectivity index (χ1n) is 15.2. The zero-order valence-electron chi connectivity index (χ0n) is 24.9. The van der Waals surface area contributed by atoms with Crippen LogP contribution < -0.4 is 10.6 Å². The Balaban J connectivity index is 1.34. The van der Waals surface area contributed by atoms with Crippen LogP contribution in [0.5, 0.6) is 0 Å². The molecule has 2 aromatic rings. The largest absolute Gasteiger partial charge is 0.445 e. The Morgan fingerprint density at radius 1 is 1.07 bits per heavy atom. The van der Waals surface area contributed by atoms with Gasteiger partial charge in [-0.1, -0.05) is 86.2 Å². The van der Waals surface area contributed by atoms with Crippen molar-refractivity contribution in [1.82, 2.24) is 15.5 Å². The highest BCUT2D eigenvalue weighted by atomic mass is 35.5. The van der Waals surface area contributed by atoms with Gasteiger partial charge in [0, 0.05) is 30.5 Å². The highest BCUT2D eigenvalue weighted by molar-refractivity contribution is 6.30. The third-order valence-corrected chi connectivity index (χ3v) is 9.06. The Hall–Kier alpha value is -3.14. The van der Waals surface area contributed by atoms with Crippen LogP contribution >= 0.6 is 11.6 Å². The summed E-state index contributed by atoms with van der Waals surface area (Å²) in [5.74, 6) is -0.573. The molecule has 2 saturated carbocycles. The molecule has 0 radical (unpaired) electrons. The number of likely N-dealkylation sites (N-methyl/N-ethyl adjacent to an activating group) is 1. The first kappa shape index (κ1) is 32.8. The van der Waals surface area contributed by atoms with E-state index >= 15 is 0 Å². The molecule has 4 rings (SSSR count). The summed E-state index contributed by atoms with van der Waals surface area (Å²) in [4.78, 5) is 41.0. The van der Waals surface area contributed by atoms with Gasteiger partial charge < -0.3 is 30.5 Å². The third-order valence-electron chi connectivity index (χ3n) is 8.82. The molecule has 2 aliphatic carbocycles.